The zero-order valence-electron chi connectivity index (χ0n) is 17.1. The van der Waals surface area contributed by atoms with E-state index in [4.69, 9.17) is 32.7 Å². The molecule has 0 aliphatic heterocycles. The Morgan fingerprint density at radius 1 is 1.06 bits per heavy atom. The molecular weight excluding hydrogens is 467 g/mol. The summed E-state index contributed by atoms with van der Waals surface area (Å²) in [6, 6.07) is 8.42. The van der Waals surface area contributed by atoms with E-state index in [1.807, 2.05) is 0 Å². The van der Waals surface area contributed by atoms with Crippen LogP contribution < -0.4 is 10.1 Å². The number of hydrogen-bond donors (Lipinski definition) is 1. The van der Waals surface area contributed by atoms with Crippen LogP contribution in [-0.4, -0.2) is 51.4 Å². The largest absolute Gasteiger partial charge is 0.495 e. The number of halogens is 2. The van der Waals surface area contributed by atoms with Gasteiger partial charge in [-0.15, -0.1) is 0 Å². The van der Waals surface area contributed by atoms with Gasteiger partial charge in [0.25, 0.3) is 5.91 Å². The maximum atomic E-state index is 12.7. The van der Waals surface area contributed by atoms with Crippen LogP contribution in [0.2, 0.25) is 10.0 Å². The third kappa shape index (κ3) is 6.10. The molecule has 0 unspecified atom stereocenters. The van der Waals surface area contributed by atoms with Crippen LogP contribution in [0.4, 0.5) is 5.69 Å². The van der Waals surface area contributed by atoms with Crippen molar-refractivity contribution in [2.45, 2.75) is 18.7 Å². The smallest absolute Gasteiger partial charge is 0.338 e. The van der Waals surface area contributed by atoms with E-state index in [1.165, 1.54) is 29.6 Å². The number of nitrogens with one attached hydrogen (secondary N) is 1. The van der Waals surface area contributed by atoms with E-state index >= 15 is 0 Å². The number of ether oxygens (including phenoxy) is 2. The highest BCUT2D eigenvalue weighted by Gasteiger charge is 2.26. The van der Waals surface area contributed by atoms with Gasteiger partial charge < -0.3 is 14.8 Å². The van der Waals surface area contributed by atoms with Gasteiger partial charge in [-0.25, -0.2) is 13.2 Å². The van der Waals surface area contributed by atoms with Crippen LogP contribution in [0.3, 0.4) is 0 Å². The molecule has 2 aromatic rings. The van der Waals surface area contributed by atoms with Crippen molar-refractivity contribution in [3.8, 4) is 5.75 Å². The molecule has 1 N–H and O–H groups in total. The Kier molecular flexibility index (Phi) is 8.69. The van der Waals surface area contributed by atoms with Gasteiger partial charge in [-0.1, -0.05) is 37.0 Å². The minimum Gasteiger partial charge on any atom is -0.495 e. The van der Waals surface area contributed by atoms with E-state index in [2.05, 4.69) is 5.32 Å². The first kappa shape index (κ1) is 24.9. The van der Waals surface area contributed by atoms with Crippen LogP contribution >= 0.6 is 23.2 Å². The molecule has 0 saturated carbocycles. The predicted molar refractivity (Wildman–Crippen MR) is 118 cm³/mol. The molecule has 0 radical (unpaired) electrons. The number of carbonyl (C=O) groups is 2. The summed E-state index contributed by atoms with van der Waals surface area (Å²) in [7, 11) is -2.45. The molecule has 0 aliphatic rings. The maximum absolute atomic E-state index is 12.7. The fourth-order valence-electron chi connectivity index (χ4n) is 2.71. The molecule has 0 bridgehead atoms. The maximum Gasteiger partial charge on any atom is 0.338 e. The second-order valence-electron chi connectivity index (χ2n) is 6.20. The van der Waals surface area contributed by atoms with Crippen molar-refractivity contribution in [3.63, 3.8) is 0 Å². The fourth-order valence-corrected chi connectivity index (χ4v) is 4.84. The number of sulfonamides is 1. The van der Waals surface area contributed by atoms with E-state index in [1.54, 1.807) is 26.0 Å². The average molecular weight is 489 g/mol. The molecule has 0 atom stereocenters. The zero-order valence-corrected chi connectivity index (χ0v) is 19.5. The van der Waals surface area contributed by atoms with E-state index in [-0.39, 0.29) is 28.6 Å². The molecular formula is C20H22Cl2N2O6S. The minimum atomic E-state index is -3.88. The van der Waals surface area contributed by atoms with Crippen molar-refractivity contribution < 1.29 is 27.5 Å². The lowest BCUT2D eigenvalue weighted by atomic mass is 10.2. The standard InChI is InChI=1S/C20H22Cl2N2O6S/c1-4-24(5-2)31(27,28)18-10-13(6-8-15(18)22)20(26)30-12-19(25)23-16-11-14(21)7-9-17(16)29-3/h6-11H,4-5,12H2,1-3H3,(H,23,25). The van der Waals surface area contributed by atoms with Crippen molar-refractivity contribution in [2.24, 2.45) is 0 Å². The van der Waals surface area contributed by atoms with Crippen LogP contribution in [0.1, 0.15) is 24.2 Å². The van der Waals surface area contributed by atoms with Gasteiger partial charge in [0.05, 0.1) is 23.4 Å². The molecule has 0 fully saturated rings. The van der Waals surface area contributed by atoms with Gasteiger partial charge in [0.2, 0.25) is 10.0 Å². The SMILES string of the molecule is CCN(CC)S(=O)(=O)c1cc(C(=O)OCC(=O)Nc2cc(Cl)ccc2OC)ccc1Cl. The Labute approximate surface area is 191 Å². The van der Waals surface area contributed by atoms with E-state index in [0.717, 1.165) is 6.07 Å². The van der Waals surface area contributed by atoms with Gasteiger partial charge in [0.15, 0.2) is 6.61 Å². The van der Waals surface area contributed by atoms with Crippen molar-refractivity contribution >= 4 is 50.8 Å². The number of rotatable bonds is 9. The third-order valence-corrected chi connectivity index (χ3v) is 7.03. The Hall–Kier alpha value is -2.33. The highest BCUT2D eigenvalue weighted by molar-refractivity contribution is 7.89. The third-order valence-electron chi connectivity index (χ3n) is 4.26. The van der Waals surface area contributed by atoms with Crippen molar-refractivity contribution in [3.05, 3.63) is 52.0 Å². The molecule has 31 heavy (non-hydrogen) atoms. The summed E-state index contributed by atoms with van der Waals surface area (Å²) in [4.78, 5) is 24.3. The first-order chi connectivity index (χ1) is 14.6. The van der Waals surface area contributed by atoms with Crippen molar-refractivity contribution in [1.29, 1.82) is 0 Å². The van der Waals surface area contributed by atoms with Gasteiger partial charge >= 0.3 is 5.97 Å². The van der Waals surface area contributed by atoms with E-state index in [0.29, 0.717) is 16.5 Å². The normalized spacial score (nSPS) is 11.3. The summed E-state index contributed by atoms with van der Waals surface area (Å²) < 4.78 is 36.9. The molecule has 0 heterocycles. The van der Waals surface area contributed by atoms with Crippen molar-refractivity contribution in [2.75, 3.05) is 32.1 Å². The number of methoxy groups -OCH3 is 1. The summed E-state index contributed by atoms with van der Waals surface area (Å²) in [5.74, 6) is -1.12. The lowest BCUT2D eigenvalue weighted by Crippen LogP contribution is -2.31. The van der Waals surface area contributed by atoms with Crippen LogP contribution in [0.15, 0.2) is 41.3 Å². The first-order valence-electron chi connectivity index (χ1n) is 9.24. The Balaban J connectivity index is 2.13. The van der Waals surface area contributed by atoms with Gasteiger partial charge in [0, 0.05) is 18.1 Å². The average Bonchev–Trinajstić information content (AvgIpc) is 2.73. The number of amides is 1. The Morgan fingerprint density at radius 2 is 1.74 bits per heavy atom. The lowest BCUT2D eigenvalue weighted by Gasteiger charge is -2.19. The topological polar surface area (TPSA) is 102 Å². The molecule has 0 spiro atoms. The molecule has 168 valence electrons. The second kappa shape index (κ2) is 10.8. The fraction of sp³-hybridized carbons (Fsp3) is 0.300. The van der Waals surface area contributed by atoms with E-state index < -0.39 is 28.5 Å². The highest BCUT2D eigenvalue weighted by Crippen LogP contribution is 2.28. The Bertz CT molecular complexity index is 1070. The number of anilines is 1. The summed E-state index contributed by atoms with van der Waals surface area (Å²) in [6.07, 6.45) is 0. The lowest BCUT2D eigenvalue weighted by molar-refractivity contribution is -0.119. The van der Waals surface area contributed by atoms with Gasteiger partial charge in [-0.05, 0) is 36.4 Å². The predicted octanol–water partition coefficient (Wildman–Crippen LogP) is 3.83. The molecule has 11 heteroatoms. The molecule has 2 aromatic carbocycles. The molecule has 2 rings (SSSR count). The molecule has 0 saturated heterocycles. The van der Waals surface area contributed by atoms with Crippen molar-refractivity contribution in [1.82, 2.24) is 4.31 Å². The van der Waals surface area contributed by atoms with E-state index in [9.17, 15) is 18.0 Å². The Morgan fingerprint density at radius 3 is 2.35 bits per heavy atom. The quantitative estimate of drug-likeness (QED) is 0.538. The summed E-state index contributed by atoms with van der Waals surface area (Å²) in [5, 5.41) is 2.90. The molecule has 8 nitrogen and oxygen atoms in total. The molecule has 1 amide bonds. The summed E-state index contributed by atoms with van der Waals surface area (Å²) in [5.41, 5.74) is 0.262. The number of esters is 1. The molecule has 0 aromatic heterocycles. The second-order valence-corrected chi connectivity index (χ2v) is 8.95. The zero-order chi connectivity index (χ0) is 23.2. The monoisotopic (exact) mass is 488 g/mol. The minimum absolute atomic E-state index is 0.0192. The number of hydrogen-bond acceptors (Lipinski definition) is 6. The summed E-state index contributed by atoms with van der Waals surface area (Å²) >= 11 is 12.0. The number of carbonyl (C=O) groups excluding carboxylic acids is 2. The highest BCUT2D eigenvalue weighted by atomic mass is 35.5. The van der Waals surface area contributed by atoms with Gasteiger partial charge in [-0.3, -0.25) is 4.79 Å². The first-order valence-corrected chi connectivity index (χ1v) is 11.4. The molecule has 0 aliphatic carbocycles. The summed E-state index contributed by atoms with van der Waals surface area (Å²) in [6.45, 7) is 3.28. The van der Waals surface area contributed by atoms with Crippen LogP contribution in [0.5, 0.6) is 5.75 Å². The van der Waals surface area contributed by atoms with Gasteiger partial charge in [-0.2, -0.15) is 4.31 Å². The van der Waals surface area contributed by atoms with Crippen LogP contribution in [0, 0.1) is 0 Å². The number of nitrogens with zero attached hydrogens (tertiary/aromatic N) is 1. The van der Waals surface area contributed by atoms with Crippen LogP contribution in [-0.2, 0) is 19.6 Å². The van der Waals surface area contributed by atoms with Crippen LogP contribution in [0.25, 0.3) is 0 Å². The van der Waals surface area contributed by atoms with Gasteiger partial charge in [0.1, 0.15) is 10.6 Å². The number of benzene rings is 2.